The van der Waals surface area contributed by atoms with E-state index in [-0.39, 0.29) is 11.3 Å². The number of benzene rings is 2. The predicted octanol–water partition coefficient (Wildman–Crippen LogP) is 1.71. The molecule has 6 nitrogen and oxygen atoms in total. The normalized spacial score (nSPS) is 10.8. The lowest BCUT2D eigenvalue weighted by molar-refractivity contribution is -0.117. The van der Waals surface area contributed by atoms with Crippen LogP contribution in [0.4, 0.5) is 0 Å². The van der Waals surface area contributed by atoms with Crippen molar-refractivity contribution in [1.82, 2.24) is 10.6 Å². The molecule has 2 rings (SSSR count). The first-order valence-electron chi connectivity index (χ1n) is 8.30. The SMILES string of the molecule is N#C/C(=C/NCc1cccc(CN)c1)C(=O)NCCc1ccc(O)cc1. The summed E-state index contributed by atoms with van der Waals surface area (Å²) >= 11 is 0. The first kappa shape index (κ1) is 19.0. The van der Waals surface area contributed by atoms with Crippen molar-refractivity contribution in [2.24, 2.45) is 5.73 Å². The first-order chi connectivity index (χ1) is 12.6. The van der Waals surface area contributed by atoms with Crippen LogP contribution in [0.2, 0.25) is 0 Å². The fourth-order valence-electron chi connectivity index (χ4n) is 2.36. The van der Waals surface area contributed by atoms with Gasteiger partial charge in [0.2, 0.25) is 0 Å². The Balaban J connectivity index is 1.82. The third-order valence-electron chi connectivity index (χ3n) is 3.78. The van der Waals surface area contributed by atoms with Crippen LogP contribution in [0.5, 0.6) is 5.75 Å². The van der Waals surface area contributed by atoms with Gasteiger partial charge in [0.15, 0.2) is 0 Å². The topological polar surface area (TPSA) is 111 Å². The van der Waals surface area contributed by atoms with Crippen LogP contribution >= 0.6 is 0 Å². The van der Waals surface area contributed by atoms with Gasteiger partial charge >= 0.3 is 0 Å². The molecule has 0 fully saturated rings. The summed E-state index contributed by atoms with van der Waals surface area (Å²) in [5, 5.41) is 24.1. The van der Waals surface area contributed by atoms with Crippen LogP contribution in [0.15, 0.2) is 60.3 Å². The molecule has 2 aromatic carbocycles. The lowest BCUT2D eigenvalue weighted by atomic mass is 10.1. The Morgan fingerprint density at radius 2 is 1.88 bits per heavy atom. The summed E-state index contributed by atoms with van der Waals surface area (Å²) in [6.07, 6.45) is 2.04. The third-order valence-corrected chi connectivity index (χ3v) is 3.78. The highest BCUT2D eigenvalue weighted by Gasteiger charge is 2.08. The van der Waals surface area contributed by atoms with E-state index in [2.05, 4.69) is 10.6 Å². The lowest BCUT2D eigenvalue weighted by Crippen LogP contribution is -2.27. The van der Waals surface area contributed by atoms with Crippen LogP contribution in [-0.2, 0) is 24.3 Å². The van der Waals surface area contributed by atoms with Crippen molar-refractivity contribution >= 4 is 5.91 Å². The second-order valence-electron chi connectivity index (χ2n) is 5.75. The zero-order valence-corrected chi connectivity index (χ0v) is 14.4. The highest BCUT2D eigenvalue weighted by molar-refractivity contribution is 5.97. The Kier molecular flexibility index (Phi) is 7.22. The van der Waals surface area contributed by atoms with Crippen LogP contribution in [-0.4, -0.2) is 17.6 Å². The molecule has 26 heavy (non-hydrogen) atoms. The van der Waals surface area contributed by atoms with E-state index in [4.69, 9.17) is 11.0 Å². The molecular weight excluding hydrogens is 328 g/mol. The fourth-order valence-corrected chi connectivity index (χ4v) is 2.36. The number of nitriles is 1. The summed E-state index contributed by atoms with van der Waals surface area (Å²) in [6.45, 7) is 1.37. The molecule has 0 radical (unpaired) electrons. The average Bonchev–Trinajstić information content (AvgIpc) is 2.67. The minimum Gasteiger partial charge on any atom is -0.508 e. The number of amides is 1. The maximum atomic E-state index is 12.1. The highest BCUT2D eigenvalue weighted by atomic mass is 16.3. The third kappa shape index (κ3) is 5.96. The molecule has 0 heterocycles. The number of carbonyl (C=O) groups is 1. The summed E-state index contributed by atoms with van der Waals surface area (Å²) in [5.41, 5.74) is 8.67. The van der Waals surface area contributed by atoms with Crippen molar-refractivity contribution in [3.05, 3.63) is 77.0 Å². The molecule has 0 aliphatic rings. The molecule has 2 aromatic rings. The summed E-state index contributed by atoms with van der Waals surface area (Å²) < 4.78 is 0. The molecule has 0 unspecified atom stereocenters. The van der Waals surface area contributed by atoms with Gasteiger partial charge in [-0.25, -0.2) is 0 Å². The van der Waals surface area contributed by atoms with Crippen LogP contribution in [0.1, 0.15) is 16.7 Å². The summed E-state index contributed by atoms with van der Waals surface area (Å²) in [7, 11) is 0. The van der Waals surface area contributed by atoms with Crippen LogP contribution in [0.25, 0.3) is 0 Å². The maximum Gasteiger partial charge on any atom is 0.263 e. The zero-order chi connectivity index (χ0) is 18.8. The van der Waals surface area contributed by atoms with Crippen LogP contribution < -0.4 is 16.4 Å². The van der Waals surface area contributed by atoms with Gasteiger partial charge in [-0.2, -0.15) is 5.26 Å². The molecule has 0 spiro atoms. The Labute approximate surface area is 153 Å². The molecule has 0 saturated carbocycles. The summed E-state index contributed by atoms with van der Waals surface area (Å²) in [5.74, 6) is -0.218. The highest BCUT2D eigenvalue weighted by Crippen LogP contribution is 2.09. The Bertz CT molecular complexity index is 807. The summed E-state index contributed by atoms with van der Waals surface area (Å²) in [6, 6.07) is 16.5. The molecule has 6 heteroatoms. The zero-order valence-electron chi connectivity index (χ0n) is 14.4. The first-order valence-corrected chi connectivity index (χ1v) is 8.30. The van der Waals surface area contributed by atoms with E-state index < -0.39 is 5.91 Å². The molecule has 0 atom stereocenters. The smallest absolute Gasteiger partial charge is 0.263 e. The van der Waals surface area contributed by atoms with Gasteiger partial charge in [0, 0.05) is 25.8 Å². The van der Waals surface area contributed by atoms with Crippen molar-refractivity contribution < 1.29 is 9.90 Å². The van der Waals surface area contributed by atoms with Crippen molar-refractivity contribution in [1.29, 1.82) is 5.26 Å². The number of phenolic OH excluding ortho intramolecular Hbond substituents is 1. The number of rotatable bonds is 8. The number of hydrogen-bond acceptors (Lipinski definition) is 5. The van der Waals surface area contributed by atoms with Crippen molar-refractivity contribution in [2.45, 2.75) is 19.5 Å². The molecule has 0 aliphatic heterocycles. The van der Waals surface area contributed by atoms with Crippen LogP contribution in [0, 0.1) is 11.3 Å². The molecule has 0 bridgehead atoms. The number of aromatic hydroxyl groups is 1. The average molecular weight is 350 g/mol. The van der Waals surface area contributed by atoms with E-state index in [0.717, 1.165) is 16.7 Å². The van der Waals surface area contributed by atoms with E-state index in [1.807, 2.05) is 30.3 Å². The molecule has 1 amide bonds. The lowest BCUT2D eigenvalue weighted by Gasteiger charge is -2.06. The van der Waals surface area contributed by atoms with Gasteiger partial charge in [-0.15, -0.1) is 0 Å². The van der Waals surface area contributed by atoms with Crippen LogP contribution in [0.3, 0.4) is 0 Å². The monoisotopic (exact) mass is 350 g/mol. The van der Waals surface area contributed by atoms with Crippen molar-refractivity contribution in [3.63, 3.8) is 0 Å². The van der Waals surface area contributed by atoms with Gasteiger partial charge in [0.05, 0.1) is 0 Å². The molecule has 0 aromatic heterocycles. The Hall–Kier alpha value is -3.30. The second-order valence-corrected chi connectivity index (χ2v) is 5.75. The second kappa shape index (κ2) is 9.87. The van der Waals surface area contributed by atoms with E-state index in [0.29, 0.717) is 26.1 Å². The van der Waals surface area contributed by atoms with Gasteiger partial charge in [0.1, 0.15) is 17.4 Å². The van der Waals surface area contributed by atoms with Gasteiger partial charge < -0.3 is 21.5 Å². The minimum atomic E-state index is -0.422. The Morgan fingerprint density at radius 3 is 2.58 bits per heavy atom. The molecular formula is C20H22N4O2. The van der Waals surface area contributed by atoms with Gasteiger partial charge in [0.25, 0.3) is 5.91 Å². The number of nitrogens with zero attached hydrogens (tertiary/aromatic N) is 1. The summed E-state index contributed by atoms with van der Waals surface area (Å²) in [4.78, 5) is 12.1. The number of nitrogens with one attached hydrogen (secondary N) is 2. The van der Waals surface area contributed by atoms with E-state index in [1.54, 1.807) is 24.3 Å². The fraction of sp³-hybridized carbons (Fsp3) is 0.200. The van der Waals surface area contributed by atoms with Gasteiger partial charge in [-0.1, -0.05) is 36.4 Å². The van der Waals surface area contributed by atoms with E-state index in [1.165, 1.54) is 6.20 Å². The quantitative estimate of drug-likeness (QED) is 0.428. The molecule has 134 valence electrons. The molecule has 0 saturated heterocycles. The number of nitrogens with two attached hydrogens (primary N) is 1. The predicted molar refractivity (Wildman–Crippen MR) is 99.7 cm³/mol. The van der Waals surface area contributed by atoms with Gasteiger partial charge in [-0.3, -0.25) is 4.79 Å². The minimum absolute atomic E-state index is 0.0192. The molecule has 0 aliphatic carbocycles. The van der Waals surface area contributed by atoms with Crippen molar-refractivity contribution in [2.75, 3.05) is 6.54 Å². The maximum absolute atomic E-state index is 12.1. The standard InChI is InChI=1S/C20H22N4O2/c21-11-16-2-1-3-17(10-16)13-23-14-18(12-22)20(26)24-9-8-15-4-6-19(25)7-5-15/h1-7,10,14,23,25H,8-9,11,13,21H2,(H,24,26)/b18-14-. The molecule has 5 N–H and O–H groups in total. The van der Waals surface area contributed by atoms with E-state index in [9.17, 15) is 9.90 Å². The number of hydrogen-bond donors (Lipinski definition) is 4. The Morgan fingerprint density at radius 1 is 1.15 bits per heavy atom. The number of carbonyl (C=O) groups excluding carboxylic acids is 1. The van der Waals surface area contributed by atoms with Crippen molar-refractivity contribution in [3.8, 4) is 11.8 Å². The largest absolute Gasteiger partial charge is 0.508 e. The van der Waals surface area contributed by atoms with E-state index >= 15 is 0 Å². The number of phenols is 1. The van der Waals surface area contributed by atoms with Gasteiger partial charge in [-0.05, 0) is 35.2 Å².